The molecular formula is C22H24N2OS2. The number of aromatic nitrogens is 1. The first-order valence-electron chi connectivity index (χ1n) is 9.53. The molecular weight excluding hydrogens is 372 g/mol. The fraction of sp³-hybridized carbons (Fsp3) is 0.364. The number of nitrogens with one attached hydrogen (secondary N) is 1. The molecule has 1 aliphatic rings. The van der Waals surface area contributed by atoms with Crippen molar-refractivity contribution in [2.75, 3.05) is 5.32 Å². The van der Waals surface area contributed by atoms with Crippen LogP contribution in [0.15, 0.2) is 35.8 Å². The molecule has 140 valence electrons. The second-order valence-corrected chi connectivity index (χ2v) is 9.40. The molecule has 0 aliphatic heterocycles. The standard InChI is InChI=1S/C22H24N2OS2/c1-3-15-7-8-18-19(13-26-20(18)11-15)21(25)24-22-23-12-17(27-22)10-16-6-4-5-14(2)9-16/h4-6,9,12-13,15H,3,7-8,10-11H2,1-2H3,(H,23,24,25). The molecule has 5 heteroatoms. The molecule has 27 heavy (non-hydrogen) atoms. The number of amides is 1. The molecule has 0 saturated carbocycles. The molecule has 0 bridgehead atoms. The maximum atomic E-state index is 12.8. The van der Waals surface area contributed by atoms with Crippen LogP contribution in [0.3, 0.4) is 0 Å². The van der Waals surface area contributed by atoms with Crippen LogP contribution in [0.1, 0.15) is 56.6 Å². The predicted molar refractivity (Wildman–Crippen MR) is 114 cm³/mol. The zero-order valence-electron chi connectivity index (χ0n) is 15.7. The lowest BCUT2D eigenvalue weighted by Crippen LogP contribution is -2.17. The van der Waals surface area contributed by atoms with Crippen molar-refractivity contribution in [3.05, 3.63) is 67.9 Å². The lowest BCUT2D eigenvalue weighted by Gasteiger charge is -2.21. The molecule has 2 heterocycles. The summed E-state index contributed by atoms with van der Waals surface area (Å²) in [5.41, 5.74) is 4.64. The second-order valence-electron chi connectivity index (χ2n) is 7.32. The van der Waals surface area contributed by atoms with E-state index in [9.17, 15) is 4.79 Å². The van der Waals surface area contributed by atoms with Gasteiger partial charge in [0, 0.05) is 27.8 Å². The number of aryl methyl sites for hydroxylation is 1. The van der Waals surface area contributed by atoms with Crippen LogP contribution in [0.25, 0.3) is 0 Å². The lowest BCUT2D eigenvalue weighted by atomic mass is 9.86. The highest BCUT2D eigenvalue weighted by Gasteiger charge is 2.24. The fourth-order valence-electron chi connectivity index (χ4n) is 3.75. The summed E-state index contributed by atoms with van der Waals surface area (Å²) in [5.74, 6) is 0.758. The summed E-state index contributed by atoms with van der Waals surface area (Å²) >= 11 is 3.30. The summed E-state index contributed by atoms with van der Waals surface area (Å²) in [5, 5.41) is 5.72. The minimum Gasteiger partial charge on any atom is -0.298 e. The van der Waals surface area contributed by atoms with Crippen molar-refractivity contribution in [1.82, 2.24) is 4.98 Å². The molecule has 1 amide bonds. The van der Waals surface area contributed by atoms with Gasteiger partial charge in [0.25, 0.3) is 5.91 Å². The third kappa shape index (κ3) is 4.14. The monoisotopic (exact) mass is 396 g/mol. The van der Waals surface area contributed by atoms with Gasteiger partial charge in [0.05, 0.1) is 5.56 Å². The molecule has 1 aromatic carbocycles. The van der Waals surface area contributed by atoms with Gasteiger partial charge in [-0.25, -0.2) is 4.98 Å². The fourth-order valence-corrected chi connectivity index (χ4v) is 5.79. The van der Waals surface area contributed by atoms with Gasteiger partial charge in [-0.1, -0.05) is 43.2 Å². The lowest BCUT2D eigenvalue weighted by molar-refractivity contribution is 0.102. The predicted octanol–water partition coefficient (Wildman–Crippen LogP) is 5.87. The Hall–Kier alpha value is -1.98. The number of benzene rings is 1. The Morgan fingerprint density at radius 3 is 3.07 bits per heavy atom. The number of anilines is 1. The highest BCUT2D eigenvalue weighted by molar-refractivity contribution is 7.15. The van der Waals surface area contributed by atoms with E-state index in [0.717, 1.165) is 35.6 Å². The van der Waals surface area contributed by atoms with Crippen molar-refractivity contribution >= 4 is 33.7 Å². The summed E-state index contributed by atoms with van der Waals surface area (Å²) in [4.78, 5) is 19.7. The first-order valence-corrected chi connectivity index (χ1v) is 11.2. The molecule has 0 spiro atoms. The van der Waals surface area contributed by atoms with Gasteiger partial charge < -0.3 is 0 Å². The number of hydrogen-bond donors (Lipinski definition) is 1. The molecule has 2 aromatic heterocycles. The Morgan fingerprint density at radius 2 is 2.26 bits per heavy atom. The maximum Gasteiger partial charge on any atom is 0.258 e. The number of fused-ring (bicyclic) bond motifs is 1. The molecule has 1 atom stereocenters. The molecule has 0 radical (unpaired) electrons. The SMILES string of the molecule is CCC1CCc2c(C(=O)Nc3ncc(Cc4cccc(C)c4)s3)csc2C1. The molecule has 1 aliphatic carbocycles. The Bertz CT molecular complexity index is 957. The topological polar surface area (TPSA) is 42.0 Å². The van der Waals surface area contributed by atoms with Crippen LogP contribution in [-0.4, -0.2) is 10.9 Å². The summed E-state index contributed by atoms with van der Waals surface area (Å²) in [6.45, 7) is 4.36. The third-order valence-electron chi connectivity index (χ3n) is 5.31. The highest BCUT2D eigenvalue weighted by atomic mass is 32.1. The van der Waals surface area contributed by atoms with Crippen molar-refractivity contribution in [3.63, 3.8) is 0 Å². The van der Waals surface area contributed by atoms with Crippen LogP contribution in [-0.2, 0) is 19.3 Å². The third-order valence-corrected chi connectivity index (χ3v) is 7.28. The number of nitrogens with zero attached hydrogens (tertiary/aromatic N) is 1. The Morgan fingerprint density at radius 1 is 1.37 bits per heavy atom. The summed E-state index contributed by atoms with van der Waals surface area (Å²) in [6.07, 6.45) is 7.29. The average Bonchev–Trinajstić information content (AvgIpc) is 3.27. The molecule has 0 saturated heterocycles. The van der Waals surface area contributed by atoms with Crippen LogP contribution < -0.4 is 5.32 Å². The van der Waals surface area contributed by atoms with Crippen molar-refractivity contribution in [2.24, 2.45) is 5.92 Å². The molecule has 0 fully saturated rings. The van der Waals surface area contributed by atoms with E-state index in [1.54, 1.807) is 22.7 Å². The maximum absolute atomic E-state index is 12.8. The van der Waals surface area contributed by atoms with E-state index in [2.05, 4.69) is 48.4 Å². The molecule has 1 N–H and O–H groups in total. The average molecular weight is 397 g/mol. The molecule has 4 rings (SSSR count). The Kier molecular flexibility index (Phi) is 5.41. The number of carbonyl (C=O) groups excluding carboxylic acids is 1. The number of thiazole rings is 1. The number of carbonyl (C=O) groups is 1. The van der Waals surface area contributed by atoms with Crippen molar-refractivity contribution in [3.8, 4) is 0 Å². The normalized spacial score (nSPS) is 16.1. The van der Waals surface area contributed by atoms with Crippen LogP contribution in [0, 0.1) is 12.8 Å². The largest absolute Gasteiger partial charge is 0.298 e. The van der Waals surface area contributed by atoms with Crippen molar-refractivity contribution in [2.45, 2.75) is 46.0 Å². The van der Waals surface area contributed by atoms with Crippen molar-refractivity contribution in [1.29, 1.82) is 0 Å². The van der Waals surface area contributed by atoms with Gasteiger partial charge in [-0.2, -0.15) is 0 Å². The quantitative estimate of drug-likeness (QED) is 0.586. The molecule has 1 unspecified atom stereocenters. The zero-order chi connectivity index (χ0) is 18.8. The Labute approximate surface area is 168 Å². The van der Waals surface area contributed by atoms with Gasteiger partial charge in [-0.3, -0.25) is 10.1 Å². The van der Waals surface area contributed by atoms with E-state index >= 15 is 0 Å². The number of thiophene rings is 1. The Balaban J connectivity index is 1.44. The van der Waals surface area contributed by atoms with E-state index in [4.69, 9.17) is 0 Å². The van der Waals surface area contributed by atoms with Crippen LogP contribution in [0.4, 0.5) is 5.13 Å². The minimum absolute atomic E-state index is 0.0149. The van der Waals surface area contributed by atoms with E-state index in [-0.39, 0.29) is 5.91 Å². The number of hydrogen-bond acceptors (Lipinski definition) is 4. The van der Waals surface area contributed by atoms with Gasteiger partial charge in [0.15, 0.2) is 5.13 Å². The van der Waals surface area contributed by atoms with Crippen LogP contribution >= 0.6 is 22.7 Å². The van der Waals surface area contributed by atoms with Gasteiger partial charge in [0.1, 0.15) is 0 Å². The minimum atomic E-state index is -0.0149. The smallest absolute Gasteiger partial charge is 0.258 e. The zero-order valence-corrected chi connectivity index (χ0v) is 17.4. The molecule has 3 nitrogen and oxygen atoms in total. The van der Waals surface area contributed by atoms with E-state index in [0.29, 0.717) is 5.13 Å². The van der Waals surface area contributed by atoms with Gasteiger partial charge >= 0.3 is 0 Å². The van der Waals surface area contributed by atoms with E-state index < -0.39 is 0 Å². The van der Waals surface area contributed by atoms with Crippen molar-refractivity contribution < 1.29 is 4.79 Å². The second kappa shape index (κ2) is 7.95. The van der Waals surface area contributed by atoms with E-state index in [1.165, 1.54) is 34.4 Å². The summed E-state index contributed by atoms with van der Waals surface area (Å²) in [7, 11) is 0. The highest BCUT2D eigenvalue weighted by Crippen LogP contribution is 2.34. The van der Waals surface area contributed by atoms with Gasteiger partial charge in [0.2, 0.25) is 0 Å². The van der Waals surface area contributed by atoms with Gasteiger partial charge in [-0.05, 0) is 43.2 Å². The van der Waals surface area contributed by atoms with Crippen LogP contribution in [0.5, 0.6) is 0 Å². The van der Waals surface area contributed by atoms with Gasteiger partial charge in [-0.15, -0.1) is 22.7 Å². The first-order chi connectivity index (χ1) is 13.1. The van der Waals surface area contributed by atoms with Crippen LogP contribution in [0.2, 0.25) is 0 Å². The summed E-state index contributed by atoms with van der Waals surface area (Å²) < 4.78 is 0. The number of rotatable bonds is 5. The first kappa shape index (κ1) is 18.4. The van der Waals surface area contributed by atoms with E-state index in [1.807, 2.05) is 11.6 Å². The summed E-state index contributed by atoms with van der Waals surface area (Å²) in [6, 6.07) is 8.51. The molecule has 3 aromatic rings.